The van der Waals surface area contributed by atoms with Crippen LogP contribution in [0, 0.1) is 11.3 Å². The van der Waals surface area contributed by atoms with Crippen LogP contribution in [-0.2, 0) is 14.9 Å². The fourth-order valence-corrected chi connectivity index (χ4v) is 5.55. The van der Waals surface area contributed by atoms with E-state index in [9.17, 15) is 15.0 Å². The average molecular weight is 330 g/mol. The first-order chi connectivity index (χ1) is 11.2. The van der Waals surface area contributed by atoms with E-state index in [-0.39, 0.29) is 40.8 Å². The topological polar surface area (TPSA) is 66.8 Å². The molecule has 0 amide bonds. The van der Waals surface area contributed by atoms with Crippen LogP contribution in [0.5, 0.6) is 11.5 Å². The first-order valence-electron chi connectivity index (χ1n) is 9.00. The predicted octanol–water partition coefficient (Wildman–Crippen LogP) is 4.29. The summed E-state index contributed by atoms with van der Waals surface area (Å²) in [6.45, 7) is 8.40. The lowest BCUT2D eigenvalue weighted by Gasteiger charge is -2.58. The van der Waals surface area contributed by atoms with Crippen molar-refractivity contribution in [1.82, 2.24) is 0 Å². The summed E-state index contributed by atoms with van der Waals surface area (Å²) in [4.78, 5) is 12.9. The van der Waals surface area contributed by atoms with Crippen molar-refractivity contribution in [3.63, 3.8) is 0 Å². The second kappa shape index (κ2) is 4.68. The maximum atomic E-state index is 12.9. The minimum Gasteiger partial charge on any atom is -0.504 e. The highest BCUT2D eigenvalue weighted by molar-refractivity contribution is 5.89. The minimum atomic E-state index is -0.803. The Kier molecular flexibility index (Phi) is 3.08. The van der Waals surface area contributed by atoms with Gasteiger partial charge in [0.15, 0.2) is 11.5 Å². The van der Waals surface area contributed by atoms with Gasteiger partial charge in [0, 0.05) is 16.7 Å². The highest BCUT2D eigenvalue weighted by Crippen LogP contribution is 2.66. The van der Waals surface area contributed by atoms with Crippen LogP contribution in [-0.4, -0.2) is 16.2 Å². The zero-order valence-electron chi connectivity index (χ0n) is 14.8. The monoisotopic (exact) mass is 330 g/mol. The summed E-state index contributed by atoms with van der Waals surface area (Å²) in [6.07, 6.45) is 3.20. The quantitative estimate of drug-likeness (QED) is 0.595. The molecule has 2 N–H and O–H groups in total. The van der Waals surface area contributed by atoms with Crippen LogP contribution in [0.25, 0.3) is 0 Å². The molecule has 1 saturated heterocycles. The van der Waals surface area contributed by atoms with E-state index in [0.717, 1.165) is 30.4 Å². The number of hydrogen-bond donors (Lipinski definition) is 2. The number of carbonyl (C=O) groups excluding carboxylic acids is 1. The van der Waals surface area contributed by atoms with E-state index in [0.29, 0.717) is 12.0 Å². The normalized spacial score (nSPS) is 33.1. The highest BCUT2D eigenvalue weighted by Gasteiger charge is 2.65. The van der Waals surface area contributed by atoms with E-state index in [2.05, 4.69) is 13.8 Å². The Morgan fingerprint density at radius 3 is 2.58 bits per heavy atom. The number of benzene rings is 1. The minimum absolute atomic E-state index is 0.0202. The molecular weight excluding hydrogens is 304 g/mol. The Hall–Kier alpha value is -1.71. The van der Waals surface area contributed by atoms with Crippen molar-refractivity contribution in [2.75, 3.05) is 0 Å². The van der Waals surface area contributed by atoms with E-state index in [1.807, 2.05) is 19.9 Å². The van der Waals surface area contributed by atoms with Crippen molar-refractivity contribution in [3.05, 3.63) is 22.8 Å². The van der Waals surface area contributed by atoms with Crippen LogP contribution in [0.15, 0.2) is 6.07 Å². The fourth-order valence-electron chi connectivity index (χ4n) is 5.55. The number of hydrogen-bond acceptors (Lipinski definition) is 4. The van der Waals surface area contributed by atoms with Crippen LogP contribution < -0.4 is 0 Å². The zero-order valence-corrected chi connectivity index (χ0v) is 14.8. The zero-order chi connectivity index (χ0) is 17.4. The van der Waals surface area contributed by atoms with Gasteiger partial charge in [-0.3, -0.25) is 4.79 Å². The van der Waals surface area contributed by atoms with Gasteiger partial charge in [0.25, 0.3) is 0 Å². The van der Waals surface area contributed by atoms with Crippen molar-refractivity contribution in [2.45, 2.75) is 70.8 Å². The summed E-state index contributed by atoms with van der Waals surface area (Å²) >= 11 is 0. The number of ether oxygens (including phenoxy) is 1. The van der Waals surface area contributed by atoms with Gasteiger partial charge in [0.05, 0.1) is 0 Å². The molecule has 1 spiro atoms. The number of rotatable bonds is 1. The van der Waals surface area contributed by atoms with Crippen LogP contribution in [0.4, 0.5) is 0 Å². The number of fused-ring (bicyclic) bond motifs is 1. The van der Waals surface area contributed by atoms with Crippen LogP contribution >= 0.6 is 0 Å². The number of phenolic OH excluding ortho intramolecular Hbond substituents is 2. The molecule has 2 unspecified atom stereocenters. The van der Waals surface area contributed by atoms with Gasteiger partial charge in [0.2, 0.25) is 0 Å². The van der Waals surface area contributed by atoms with Crippen LogP contribution in [0.3, 0.4) is 0 Å². The van der Waals surface area contributed by atoms with Crippen molar-refractivity contribution >= 4 is 5.97 Å². The molecule has 5 rings (SSSR count). The van der Waals surface area contributed by atoms with Crippen molar-refractivity contribution in [2.24, 2.45) is 11.3 Å². The smallest absolute Gasteiger partial charge is 0.317 e. The Labute approximate surface area is 142 Å². The van der Waals surface area contributed by atoms with E-state index < -0.39 is 5.41 Å². The summed E-state index contributed by atoms with van der Waals surface area (Å²) in [5, 5.41) is 21.4. The maximum absolute atomic E-state index is 12.9. The Bertz CT molecular complexity index is 734. The van der Waals surface area contributed by atoms with E-state index in [1.165, 1.54) is 0 Å². The second-order valence-electron chi connectivity index (χ2n) is 8.78. The van der Waals surface area contributed by atoms with Gasteiger partial charge in [0.1, 0.15) is 11.5 Å². The summed E-state index contributed by atoms with van der Waals surface area (Å²) < 4.78 is 5.76. The van der Waals surface area contributed by atoms with Gasteiger partial charge in [-0.2, -0.15) is 0 Å². The Morgan fingerprint density at radius 1 is 1.21 bits per heavy atom. The molecule has 24 heavy (non-hydrogen) atoms. The molecule has 1 aromatic carbocycles. The lowest BCUT2D eigenvalue weighted by molar-refractivity contribution is -0.185. The van der Waals surface area contributed by atoms with E-state index in [1.54, 1.807) is 0 Å². The molecule has 4 heteroatoms. The molecule has 2 aliphatic carbocycles. The fraction of sp³-hybridized carbons (Fsp3) is 0.650. The summed E-state index contributed by atoms with van der Waals surface area (Å²) in [6, 6.07) is 1.95. The molecule has 4 nitrogen and oxygen atoms in total. The van der Waals surface area contributed by atoms with Crippen LogP contribution in [0.1, 0.15) is 82.1 Å². The summed E-state index contributed by atoms with van der Waals surface area (Å²) in [7, 11) is 0. The van der Waals surface area contributed by atoms with E-state index >= 15 is 0 Å². The maximum Gasteiger partial charge on any atom is 0.317 e. The first kappa shape index (κ1) is 15.8. The third-order valence-electron chi connectivity index (χ3n) is 6.74. The lowest BCUT2D eigenvalue weighted by Crippen LogP contribution is -2.59. The second-order valence-corrected chi connectivity index (χ2v) is 8.78. The standard InChI is InChI=1S/C20H26O4/c1-10(2)11-8-12-13-9-14-19(3,4)6-5-7-20(14,18(23)24-13)15(12)17(22)16(11)21/h8,10,13-14,21-22H,5-7,9H2,1-4H3/t13?,14-,20?/m1/s1. The van der Waals surface area contributed by atoms with Gasteiger partial charge in [-0.05, 0) is 42.6 Å². The number of phenols is 2. The Morgan fingerprint density at radius 2 is 1.92 bits per heavy atom. The molecule has 130 valence electrons. The largest absolute Gasteiger partial charge is 0.504 e. The third kappa shape index (κ3) is 1.72. The number of carbonyl (C=O) groups is 1. The summed E-state index contributed by atoms with van der Waals surface area (Å²) in [5.41, 5.74) is 1.49. The lowest BCUT2D eigenvalue weighted by atomic mass is 9.47. The molecule has 2 fully saturated rings. The van der Waals surface area contributed by atoms with Gasteiger partial charge < -0.3 is 14.9 Å². The van der Waals surface area contributed by atoms with Gasteiger partial charge >= 0.3 is 5.97 Å². The average Bonchev–Trinajstić information content (AvgIpc) is 2.50. The molecule has 2 bridgehead atoms. The first-order valence-corrected chi connectivity index (χ1v) is 9.00. The molecular formula is C20H26O4. The van der Waals surface area contributed by atoms with Crippen molar-refractivity contribution in [3.8, 4) is 11.5 Å². The van der Waals surface area contributed by atoms with Gasteiger partial charge in [-0.25, -0.2) is 0 Å². The SMILES string of the molecule is CC(C)c1cc2c(c(O)c1O)C13CCCC(C)(C)[C@H]1CC2OC3=O. The molecule has 1 aromatic rings. The molecule has 4 aliphatic rings. The highest BCUT2D eigenvalue weighted by atomic mass is 16.5. The molecule has 2 heterocycles. The van der Waals surface area contributed by atoms with Crippen molar-refractivity contribution in [1.29, 1.82) is 0 Å². The molecule has 1 saturated carbocycles. The molecule has 0 aromatic heterocycles. The van der Waals surface area contributed by atoms with E-state index in [4.69, 9.17) is 4.74 Å². The van der Waals surface area contributed by atoms with Gasteiger partial charge in [-0.15, -0.1) is 0 Å². The molecule has 3 atom stereocenters. The Balaban J connectivity index is 2.02. The summed E-state index contributed by atoms with van der Waals surface area (Å²) in [5.74, 6) is -0.141. The molecule has 2 aliphatic heterocycles. The van der Waals surface area contributed by atoms with Crippen LogP contribution in [0.2, 0.25) is 0 Å². The number of esters is 1. The van der Waals surface area contributed by atoms with Crippen molar-refractivity contribution < 1.29 is 19.7 Å². The molecule has 0 radical (unpaired) electrons. The van der Waals surface area contributed by atoms with Gasteiger partial charge in [-0.1, -0.05) is 34.1 Å². The third-order valence-corrected chi connectivity index (χ3v) is 6.74. The number of aromatic hydroxyl groups is 2. The predicted molar refractivity (Wildman–Crippen MR) is 90.1 cm³/mol.